The zero-order chi connectivity index (χ0) is 9.26. The van der Waals surface area contributed by atoms with Gasteiger partial charge in [0, 0.05) is 18.5 Å². The van der Waals surface area contributed by atoms with E-state index in [1.165, 1.54) is 18.5 Å². The smallest absolute Gasteiger partial charge is 0.0728 e. The molecule has 2 rings (SSSR count). The summed E-state index contributed by atoms with van der Waals surface area (Å²) in [5, 5.41) is 7.97. The van der Waals surface area contributed by atoms with Gasteiger partial charge in [0.15, 0.2) is 0 Å². The Kier molecular flexibility index (Phi) is 2.31. The van der Waals surface area contributed by atoms with Gasteiger partial charge in [-0.2, -0.15) is 0 Å². The highest BCUT2D eigenvalue weighted by Crippen LogP contribution is 2.29. The molecule has 1 aromatic rings. The highest BCUT2D eigenvalue weighted by Gasteiger charge is 2.22. The minimum Gasteiger partial charge on any atom is -0.328 e. The lowest BCUT2D eigenvalue weighted by molar-refractivity contribution is 0.390. The molecule has 1 aliphatic rings. The molecule has 1 aliphatic heterocycles. The van der Waals surface area contributed by atoms with Crippen LogP contribution in [-0.4, -0.2) is 21.0 Å². The van der Waals surface area contributed by atoms with Gasteiger partial charge in [0.1, 0.15) is 0 Å². The van der Waals surface area contributed by atoms with Gasteiger partial charge in [0.2, 0.25) is 0 Å². The van der Waals surface area contributed by atoms with E-state index in [4.69, 9.17) is 5.73 Å². The zero-order valence-corrected chi connectivity index (χ0v) is 7.98. The number of aryl methyl sites for hydroxylation is 1. The molecule has 4 nitrogen and oxygen atoms in total. The average molecular weight is 180 g/mol. The summed E-state index contributed by atoms with van der Waals surface area (Å²) >= 11 is 0. The molecule has 0 amide bonds. The standard InChI is InChI=1S/C9H16N4/c1-7(10)5-8-3-2-4-13-9(8)6-11-12-13/h6-8H,2-5,10H2,1H3. The summed E-state index contributed by atoms with van der Waals surface area (Å²) in [7, 11) is 0. The molecule has 0 saturated carbocycles. The lowest BCUT2D eigenvalue weighted by Crippen LogP contribution is -2.23. The molecule has 0 aromatic carbocycles. The Morgan fingerprint density at radius 2 is 2.62 bits per heavy atom. The predicted molar refractivity (Wildman–Crippen MR) is 50.3 cm³/mol. The number of hydrogen-bond donors (Lipinski definition) is 1. The van der Waals surface area contributed by atoms with Crippen LogP contribution in [0.1, 0.15) is 37.8 Å². The molecule has 0 spiro atoms. The molecule has 0 radical (unpaired) electrons. The summed E-state index contributed by atoms with van der Waals surface area (Å²) in [6, 6.07) is 0.270. The third-order valence-electron chi connectivity index (χ3n) is 2.64. The highest BCUT2D eigenvalue weighted by molar-refractivity contribution is 5.06. The van der Waals surface area contributed by atoms with E-state index in [2.05, 4.69) is 17.2 Å². The van der Waals surface area contributed by atoms with Gasteiger partial charge in [-0.05, 0) is 26.2 Å². The normalized spacial score (nSPS) is 24.0. The third-order valence-corrected chi connectivity index (χ3v) is 2.64. The fraction of sp³-hybridized carbons (Fsp3) is 0.778. The van der Waals surface area contributed by atoms with E-state index >= 15 is 0 Å². The van der Waals surface area contributed by atoms with Crippen LogP contribution in [0.5, 0.6) is 0 Å². The molecule has 0 aliphatic carbocycles. The fourth-order valence-corrected chi connectivity index (χ4v) is 2.08. The number of fused-ring (bicyclic) bond motifs is 1. The third kappa shape index (κ3) is 1.72. The maximum atomic E-state index is 5.80. The van der Waals surface area contributed by atoms with Crippen molar-refractivity contribution in [3.63, 3.8) is 0 Å². The number of rotatable bonds is 2. The van der Waals surface area contributed by atoms with E-state index in [1.807, 2.05) is 10.9 Å². The van der Waals surface area contributed by atoms with Crippen LogP contribution in [0.2, 0.25) is 0 Å². The molecular weight excluding hydrogens is 164 g/mol. The molecule has 72 valence electrons. The second kappa shape index (κ2) is 3.46. The summed E-state index contributed by atoms with van der Waals surface area (Å²) in [4.78, 5) is 0. The van der Waals surface area contributed by atoms with Crippen molar-refractivity contribution in [1.29, 1.82) is 0 Å². The Labute approximate surface area is 78.1 Å². The van der Waals surface area contributed by atoms with Gasteiger partial charge in [-0.1, -0.05) is 5.21 Å². The van der Waals surface area contributed by atoms with E-state index in [1.54, 1.807) is 0 Å². The summed E-state index contributed by atoms with van der Waals surface area (Å²) in [6.07, 6.45) is 5.36. The van der Waals surface area contributed by atoms with Crippen LogP contribution in [0.4, 0.5) is 0 Å². The molecule has 0 fully saturated rings. The van der Waals surface area contributed by atoms with Crippen molar-refractivity contribution in [2.24, 2.45) is 5.73 Å². The lowest BCUT2D eigenvalue weighted by atomic mass is 9.91. The minimum atomic E-state index is 0.270. The van der Waals surface area contributed by atoms with Gasteiger partial charge in [-0.3, -0.25) is 0 Å². The van der Waals surface area contributed by atoms with E-state index in [-0.39, 0.29) is 6.04 Å². The van der Waals surface area contributed by atoms with Gasteiger partial charge in [-0.15, -0.1) is 5.10 Å². The minimum absolute atomic E-state index is 0.270. The molecule has 2 N–H and O–H groups in total. The number of hydrogen-bond acceptors (Lipinski definition) is 3. The van der Waals surface area contributed by atoms with Crippen molar-refractivity contribution >= 4 is 0 Å². The van der Waals surface area contributed by atoms with Crippen LogP contribution in [0.3, 0.4) is 0 Å². The molecule has 2 heterocycles. The maximum Gasteiger partial charge on any atom is 0.0728 e. The molecule has 4 heteroatoms. The van der Waals surface area contributed by atoms with E-state index in [0.29, 0.717) is 5.92 Å². The Hall–Kier alpha value is -0.900. The van der Waals surface area contributed by atoms with Crippen molar-refractivity contribution in [3.05, 3.63) is 11.9 Å². The quantitative estimate of drug-likeness (QED) is 0.735. The first-order chi connectivity index (χ1) is 6.27. The number of nitrogens with two attached hydrogens (primary N) is 1. The predicted octanol–water partition coefficient (Wildman–Crippen LogP) is 0.893. The van der Waals surface area contributed by atoms with Gasteiger partial charge >= 0.3 is 0 Å². The second-order valence-electron chi connectivity index (χ2n) is 3.93. The van der Waals surface area contributed by atoms with Crippen molar-refractivity contribution in [3.8, 4) is 0 Å². The average Bonchev–Trinajstić information content (AvgIpc) is 2.51. The first-order valence-electron chi connectivity index (χ1n) is 4.91. The van der Waals surface area contributed by atoms with Crippen molar-refractivity contribution in [2.75, 3.05) is 0 Å². The van der Waals surface area contributed by atoms with Gasteiger partial charge < -0.3 is 5.73 Å². The molecule has 13 heavy (non-hydrogen) atoms. The molecule has 1 aromatic heterocycles. The SMILES string of the molecule is CC(N)CC1CCCn2nncc21. The lowest BCUT2D eigenvalue weighted by Gasteiger charge is -2.23. The van der Waals surface area contributed by atoms with E-state index in [0.717, 1.165) is 13.0 Å². The van der Waals surface area contributed by atoms with Crippen LogP contribution in [0, 0.1) is 0 Å². The summed E-state index contributed by atoms with van der Waals surface area (Å²) in [5.41, 5.74) is 7.07. The van der Waals surface area contributed by atoms with Crippen LogP contribution in [0.25, 0.3) is 0 Å². The molecule has 2 atom stereocenters. The highest BCUT2D eigenvalue weighted by atomic mass is 15.4. The number of aromatic nitrogens is 3. The Balaban J connectivity index is 2.15. The molecular formula is C9H16N4. The van der Waals surface area contributed by atoms with Gasteiger partial charge in [0.05, 0.1) is 11.9 Å². The van der Waals surface area contributed by atoms with Crippen molar-refractivity contribution < 1.29 is 0 Å². The molecule has 0 saturated heterocycles. The van der Waals surface area contributed by atoms with Crippen LogP contribution in [-0.2, 0) is 6.54 Å². The summed E-state index contributed by atoms with van der Waals surface area (Å²) < 4.78 is 2.01. The fourth-order valence-electron chi connectivity index (χ4n) is 2.08. The Morgan fingerprint density at radius 1 is 1.77 bits per heavy atom. The molecule has 2 unspecified atom stereocenters. The van der Waals surface area contributed by atoms with E-state index < -0.39 is 0 Å². The largest absolute Gasteiger partial charge is 0.328 e. The molecule has 0 bridgehead atoms. The first kappa shape index (κ1) is 8.69. The van der Waals surface area contributed by atoms with Crippen molar-refractivity contribution in [1.82, 2.24) is 15.0 Å². The Morgan fingerprint density at radius 3 is 3.38 bits per heavy atom. The first-order valence-corrected chi connectivity index (χ1v) is 4.91. The number of nitrogens with zero attached hydrogens (tertiary/aromatic N) is 3. The Bertz CT molecular complexity index is 279. The summed E-state index contributed by atoms with van der Waals surface area (Å²) in [6.45, 7) is 3.08. The maximum absolute atomic E-state index is 5.80. The zero-order valence-electron chi connectivity index (χ0n) is 7.98. The van der Waals surface area contributed by atoms with Crippen LogP contribution in [0.15, 0.2) is 6.20 Å². The summed E-state index contributed by atoms with van der Waals surface area (Å²) in [5.74, 6) is 0.573. The topological polar surface area (TPSA) is 56.7 Å². The van der Waals surface area contributed by atoms with E-state index in [9.17, 15) is 0 Å². The van der Waals surface area contributed by atoms with Crippen LogP contribution >= 0.6 is 0 Å². The van der Waals surface area contributed by atoms with Crippen LogP contribution < -0.4 is 5.73 Å². The van der Waals surface area contributed by atoms with Gasteiger partial charge in [-0.25, -0.2) is 4.68 Å². The van der Waals surface area contributed by atoms with Gasteiger partial charge in [0.25, 0.3) is 0 Å². The second-order valence-corrected chi connectivity index (χ2v) is 3.93. The monoisotopic (exact) mass is 180 g/mol. The van der Waals surface area contributed by atoms with Crippen molar-refractivity contribution in [2.45, 2.75) is 44.7 Å².